The van der Waals surface area contributed by atoms with Gasteiger partial charge in [0.05, 0.1) is 23.8 Å². The van der Waals surface area contributed by atoms with Crippen LogP contribution in [0.4, 0.5) is 5.69 Å². The van der Waals surface area contributed by atoms with Crippen LogP contribution in [0.5, 0.6) is 0 Å². The highest BCUT2D eigenvalue weighted by Crippen LogP contribution is 2.45. The molecule has 6 nitrogen and oxygen atoms in total. The molecule has 1 amide bonds. The van der Waals surface area contributed by atoms with Gasteiger partial charge in [0.25, 0.3) is 11.7 Å². The smallest absolute Gasteiger partial charge is 0.292 e. The molecule has 0 unspecified atom stereocenters. The summed E-state index contributed by atoms with van der Waals surface area (Å²) < 4.78 is 33.6. The molecule has 20 heavy (non-hydrogen) atoms. The summed E-state index contributed by atoms with van der Waals surface area (Å²) in [4.78, 5) is 14.3. The van der Waals surface area contributed by atoms with Crippen molar-refractivity contribution in [2.75, 3.05) is 24.7 Å². The second kappa shape index (κ2) is 4.83. The molecule has 7 heteroatoms. The minimum absolute atomic E-state index is 0.154. The summed E-state index contributed by atoms with van der Waals surface area (Å²) in [5.74, 6) is -1.75. The van der Waals surface area contributed by atoms with E-state index in [0.29, 0.717) is 37.4 Å². The minimum atomic E-state index is -2.71. The molecule has 3 rings (SSSR count). The maximum atomic E-state index is 12.6. The normalized spacial score (nSPS) is 20.7. The molecule has 1 saturated heterocycles. The van der Waals surface area contributed by atoms with Crippen LogP contribution >= 0.6 is 0 Å². The Morgan fingerprint density at radius 2 is 2.00 bits per heavy atom. The Balaban J connectivity index is 2.19. The van der Waals surface area contributed by atoms with E-state index in [-0.39, 0.29) is 10.8 Å². The van der Waals surface area contributed by atoms with Gasteiger partial charge in [-0.25, -0.2) is 8.42 Å². The second-order valence-corrected chi connectivity index (χ2v) is 5.71. The van der Waals surface area contributed by atoms with Crippen molar-refractivity contribution in [2.45, 2.75) is 24.0 Å². The fourth-order valence-corrected chi connectivity index (χ4v) is 3.09. The molecule has 1 aromatic carbocycles. The van der Waals surface area contributed by atoms with E-state index in [9.17, 15) is 13.2 Å². The molecular formula is C13H15NO5S. The number of benzene rings is 1. The lowest BCUT2D eigenvalue weighted by molar-refractivity contribution is -0.256. The number of amides is 1. The number of ether oxygens (including phenoxy) is 2. The number of likely N-dealkylation sites (N-methyl/N-ethyl adjacent to an activating group) is 1. The molecule has 1 fully saturated rings. The number of hydrogen-bond donors (Lipinski definition) is 1. The fourth-order valence-electron chi connectivity index (χ4n) is 2.66. The summed E-state index contributed by atoms with van der Waals surface area (Å²) in [5.41, 5.74) is 1.14. The summed E-state index contributed by atoms with van der Waals surface area (Å²) >= 11 is 0. The van der Waals surface area contributed by atoms with Crippen molar-refractivity contribution in [2.24, 2.45) is 0 Å². The van der Waals surface area contributed by atoms with Crippen LogP contribution in [-0.4, -0.2) is 34.1 Å². The van der Waals surface area contributed by atoms with Gasteiger partial charge in [0, 0.05) is 12.1 Å². The molecular weight excluding hydrogens is 282 g/mol. The summed E-state index contributed by atoms with van der Waals surface area (Å²) in [7, 11) is -2.71. The van der Waals surface area contributed by atoms with E-state index in [0.717, 1.165) is 0 Å². The fraction of sp³-hybridized carbons (Fsp3) is 0.462. The number of carbonyl (C=O) groups is 1. The first-order valence-electron chi connectivity index (χ1n) is 6.49. The first kappa shape index (κ1) is 13.5. The molecule has 0 aliphatic carbocycles. The van der Waals surface area contributed by atoms with E-state index in [4.69, 9.17) is 9.47 Å². The Kier molecular flexibility index (Phi) is 3.27. The van der Waals surface area contributed by atoms with Crippen molar-refractivity contribution in [3.8, 4) is 0 Å². The number of fused-ring (bicyclic) bond motifs is 2. The lowest BCUT2D eigenvalue weighted by atomic mass is 10.1. The average molecular weight is 297 g/mol. The first-order chi connectivity index (χ1) is 9.60. The highest BCUT2D eigenvalue weighted by atomic mass is 32.2. The molecule has 0 radical (unpaired) electrons. The van der Waals surface area contributed by atoms with Crippen LogP contribution in [0.15, 0.2) is 23.1 Å². The molecule has 0 atom stereocenters. The Morgan fingerprint density at radius 1 is 1.30 bits per heavy atom. The topological polar surface area (TPSA) is 72.9 Å². The summed E-state index contributed by atoms with van der Waals surface area (Å²) in [5, 5.41) is 0. The number of carbonyl (C=O) groups excluding carboxylic acids is 1. The van der Waals surface area contributed by atoms with Crippen molar-refractivity contribution >= 4 is 22.3 Å². The number of anilines is 1. The van der Waals surface area contributed by atoms with E-state index in [1.807, 2.05) is 6.92 Å². The van der Waals surface area contributed by atoms with Gasteiger partial charge in [-0.3, -0.25) is 4.79 Å². The van der Waals surface area contributed by atoms with Gasteiger partial charge in [0.15, 0.2) is 10.7 Å². The van der Waals surface area contributed by atoms with Crippen LogP contribution in [-0.2, 0) is 30.8 Å². The second-order valence-electron chi connectivity index (χ2n) is 4.68. The quantitative estimate of drug-likeness (QED) is 0.810. The van der Waals surface area contributed by atoms with Crippen molar-refractivity contribution in [1.29, 1.82) is 0 Å². The van der Waals surface area contributed by atoms with Crippen LogP contribution in [0.3, 0.4) is 0 Å². The van der Waals surface area contributed by atoms with Gasteiger partial charge in [-0.15, -0.1) is 0 Å². The highest BCUT2D eigenvalue weighted by molar-refractivity contribution is 7.72. The molecule has 108 valence electrons. The third kappa shape index (κ3) is 1.77. The zero-order chi connectivity index (χ0) is 14.3. The van der Waals surface area contributed by atoms with Gasteiger partial charge in [0.2, 0.25) is 0 Å². The number of rotatable bonds is 2. The molecule has 1 spiro atoms. The SMILES string of the molecule is CCN1C(=O)C2(OCCCO2)c2cc([SH](=O)=O)ccc21. The van der Waals surface area contributed by atoms with Crippen LogP contribution in [0.2, 0.25) is 0 Å². The van der Waals surface area contributed by atoms with Crippen LogP contribution in [0, 0.1) is 0 Å². The number of thiol groups is 1. The third-order valence-corrected chi connectivity index (χ3v) is 4.28. The van der Waals surface area contributed by atoms with Gasteiger partial charge in [0.1, 0.15) is 0 Å². The molecule has 2 aliphatic rings. The van der Waals surface area contributed by atoms with Gasteiger partial charge >= 0.3 is 0 Å². The zero-order valence-electron chi connectivity index (χ0n) is 11.0. The Bertz CT molecular complexity index is 626. The third-order valence-electron chi connectivity index (χ3n) is 3.58. The van der Waals surface area contributed by atoms with Crippen LogP contribution < -0.4 is 4.90 Å². The van der Waals surface area contributed by atoms with Gasteiger partial charge < -0.3 is 14.4 Å². The van der Waals surface area contributed by atoms with E-state index < -0.39 is 16.5 Å². The van der Waals surface area contributed by atoms with Crippen LogP contribution in [0.1, 0.15) is 18.9 Å². The number of hydrogen-bond acceptors (Lipinski definition) is 5. The lowest BCUT2D eigenvalue weighted by Gasteiger charge is -2.32. The molecule has 0 saturated carbocycles. The average Bonchev–Trinajstić information content (AvgIpc) is 2.69. The Labute approximate surface area is 118 Å². The van der Waals surface area contributed by atoms with Crippen molar-refractivity contribution in [1.82, 2.24) is 0 Å². The standard InChI is InChI=1S/C13H15NO5S/c1-2-14-11-5-4-9(20(16)17)8-10(11)13(12(14)15)18-6-3-7-19-13/h4-5,8,20H,2-3,6-7H2,1H3. The summed E-state index contributed by atoms with van der Waals surface area (Å²) in [6.07, 6.45) is 0.714. The van der Waals surface area contributed by atoms with Crippen LogP contribution in [0.25, 0.3) is 0 Å². The number of nitrogens with zero attached hydrogens (tertiary/aromatic N) is 1. The van der Waals surface area contributed by atoms with Crippen molar-refractivity contribution in [3.05, 3.63) is 23.8 Å². The van der Waals surface area contributed by atoms with Gasteiger partial charge in [-0.05, 0) is 31.5 Å². The summed E-state index contributed by atoms with van der Waals surface area (Å²) in [6, 6.07) is 4.59. The molecule has 0 bridgehead atoms. The van der Waals surface area contributed by atoms with Crippen molar-refractivity contribution in [3.63, 3.8) is 0 Å². The lowest BCUT2D eigenvalue weighted by Crippen LogP contribution is -2.47. The predicted molar refractivity (Wildman–Crippen MR) is 71.2 cm³/mol. The summed E-state index contributed by atoms with van der Waals surface area (Å²) in [6.45, 7) is 3.15. The minimum Gasteiger partial charge on any atom is -0.338 e. The largest absolute Gasteiger partial charge is 0.338 e. The highest BCUT2D eigenvalue weighted by Gasteiger charge is 2.54. The molecule has 0 N–H and O–H groups in total. The predicted octanol–water partition coefficient (Wildman–Crippen LogP) is 0.613. The zero-order valence-corrected chi connectivity index (χ0v) is 11.9. The first-order valence-corrected chi connectivity index (χ1v) is 7.66. The Morgan fingerprint density at radius 3 is 2.60 bits per heavy atom. The van der Waals surface area contributed by atoms with Crippen molar-refractivity contribution < 1.29 is 22.7 Å². The van der Waals surface area contributed by atoms with E-state index in [2.05, 4.69) is 0 Å². The van der Waals surface area contributed by atoms with E-state index in [1.165, 1.54) is 12.1 Å². The van der Waals surface area contributed by atoms with E-state index in [1.54, 1.807) is 11.0 Å². The van der Waals surface area contributed by atoms with Gasteiger partial charge in [-0.2, -0.15) is 0 Å². The van der Waals surface area contributed by atoms with Gasteiger partial charge in [-0.1, -0.05) is 0 Å². The molecule has 2 aliphatic heterocycles. The Hall–Kier alpha value is -1.44. The monoisotopic (exact) mass is 297 g/mol. The molecule has 2 heterocycles. The van der Waals surface area contributed by atoms with E-state index >= 15 is 0 Å². The maximum absolute atomic E-state index is 12.6. The maximum Gasteiger partial charge on any atom is 0.292 e. The molecule has 0 aromatic heterocycles. The molecule has 1 aromatic rings.